The maximum atomic E-state index is 12.8. The van der Waals surface area contributed by atoms with E-state index in [-0.39, 0.29) is 22.1 Å². The van der Waals surface area contributed by atoms with Gasteiger partial charge in [-0.1, -0.05) is 30.7 Å². The van der Waals surface area contributed by atoms with Crippen molar-refractivity contribution in [2.24, 2.45) is 0 Å². The van der Waals surface area contributed by atoms with Crippen LogP contribution in [0.15, 0.2) is 36.4 Å². The second-order valence-corrected chi connectivity index (χ2v) is 6.14. The number of methoxy groups -OCH3 is 1. The van der Waals surface area contributed by atoms with Crippen LogP contribution in [0.2, 0.25) is 5.02 Å². The highest BCUT2D eigenvalue weighted by atomic mass is 35.5. The Bertz CT molecular complexity index is 804. The van der Waals surface area contributed by atoms with Crippen LogP contribution in [0, 0.1) is 0 Å². The average Bonchev–Trinajstić information content (AvgIpc) is 2.63. The van der Waals surface area contributed by atoms with Crippen LogP contribution in [0.1, 0.15) is 39.6 Å². The first-order chi connectivity index (χ1) is 12.4. The van der Waals surface area contributed by atoms with E-state index in [4.69, 9.17) is 11.6 Å². The molecule has 0 atom stereocenters. The molecule has 2 N–H and O–H groups in total. The molecule has 0 spiro atoms. The van der Waals surface area contributed by atoms with E-state index < -0.39 is 11.9 Å². The van der Waals surface area contributed by atoms with E-state index in [0.29, 0.717) is 18.7 Å². The molecule has 0 radical (unpaired) electrons. The molecule has 0 aliphatic heterocycles. The van der Waals surface area contributed by atoms with Gasteiger partial charge in [-0.05, 0) is 30.2 Å². The van der Waals surface area contributed by atoms with Gasteiger partial charge in [-0.25, -0.2) is 4.79 Å². The predicted octanol–water partition coefficient (Wildman–Crippen LogP) is 3.59. The summed E-state index contributed by atoms with van der Waals surface area (Å²) in [6.07, 6.45) is 0.721. The van der Waals surface area contributed by atoms with E-state index >= 15 is 0 Å². The largest absolute Gasteiger partial charge is 0.507 e. The Morgan fingerprint density at radius 2 is 1.77 bits per heavy atom. The quantitative estimate of drug-likeness (QED) is 0.751. The number of ether oxygens (including phenoxy) is 1. The lowest BCUT2D eigenvalue weighted by molar-refractivity contribution is 0.0600. The van der Waals surface area contributed by atoms with Crippen LogP contribution in [0.5, 0.6) is 11.5 Å². The first-order valence-electron chi connectivity index (χ1n) is 8.05. The SMILES string of the molecule is CCCN(Cc1ccc(C(=O)OC)cc1)C(=O)c1cc(Cl)c(O)cc1O. The number of rotatable bonds is 6. The molecule has 0 fully saturated rings. The van der Waals surface area contributed by atoms with Gasteiger partial charge < -0.3 is 19.8 Å². The van der Waals surface area contributed by atoms with Gasteiger partial charge in [-0.2, -0.15) is 0 Å². The molecule has 2 aromatic rings. The van der Waals surface area contributed by atoms with Crippen molar-refractivity contribution in [3.8, 4) is 11.5 Å². The number of carbonyl (C=O) groups excluding carboxylic acids is 2. The third-order valence-corrected chi connectivity index (χ3v) is 4.13. The Balaban J connectivity index is 2.24. The number of amides is 1. The van der Waals surface area contributed by atoms with Gasteiger partial charge in [-0.3, -0.25) is 4.79 Å². The van der Waals surface area contributed by atoms with Gasteiger partial charge in [0.15, 0.2) is 0 Å². The fourth-order valence-corrected chi connectivity index (χ4v) is 2.66. The lowest BCUT2D eigenvalue weighted by Gasteiger charge is -2.23. The molecule has 138 valence electrons. The maximum absolute atomic E-state index is 12.8. The van der Waals surface area contributed by atoms with Gasteiger partial charge in [0.25, 0.3) is 5.91 Å². The Morgan fingerprint density at radius 1 is 1.12 bits per heavy atom. The Labute approximate surface area is 156 Å². The van der Waals surface area contributed by atoms with E-state index in [9.17, 15) is 19.8 Å². The number of carbonyl (C=O) groups is 2. The van der Waals surface area contributed by atoms with Crippen LogP contribution in [-0.4, -0.2) is 40.6 Å². The van der Waals surface area contributed by atoms with Gasteiger partial charge in [-0.15, -0.1) is 0 Å². The lowest BCUT2D eigenvalue weighted by Crippen LogP contribution is -2.31. The third-order valence-electron chi connectivity index (χ3n) is 3.82. The van der Waals surface area contributed by atoms with E-state index in [0.717, 1.165) is 18.1 Å². The topological polar surface area (TPSA) is 87.1 Å². The summed E-state index contributed by atoms with van der Waals surface area (Å²) in [7, 11) is 1.31. The minimum absolute atomic E-state index is 0.00923. The predicted molar refractivity (Wildman–Crippen MR) is 97.6 cm³/mol. The number of hydrogen-bond acceptors (Lipinski definition) is 5. The first-order valence-corrected chi connectivity index (χ1v) is 8.43. The van der Waals surface area contributed by atoms with Gasteiger partial charge in [0.05, 0.1) is 23.3 Å². The highest BCUT2D eigenvalue weighted by Gasteiger charge is 2.21. The molecule has 0 unspecified atom stereocenters. The molecule has 0 heterocycles. The highest BCUT2D eigenvalue weighted by molar-refractivity contribution is 6.32. The number of hydrogen-bond donors (Lipinski definition) is 2. The molecule has 2 rings (SSSR count). The molecule has 0 aromatic heterocycles. The van der Waals surface area contributed by atoms with Crippen molar-refractivity contribution >= 4 is 23.5 Å². The summed E-state index contributed by atoms with van der Waals surface area (Å²) in [5.41, 5.74) is 1.27. The number of benzene rings is 2. The zero-order valence-corrected chi connectivity index (χ0v) is 15.3. The van der Waals surface area contributed by atoms with Crippen molar-refractivity contribution in [3.63, 3.8) is 0 Å². The monoisotopic (exact) mass is 377 g/mol. The van der Waals surface area contributed by atoms with Crippen LogP contribution >= 0.6 is 11.6 Å². The van der Waals surface area contributed by atoms with Crippen LogP contribution in [0.4, 0.5) is 0 Å². The smallest absolute Gasteiger partial charge is 0.337 e. The Hall–Kier alpha value is -2.73. The lowest BCUT2D eigenvalue weighted by atomic mass is 10.1. The molecule has 6 nitrogen and oxygen atoms in total. The standard InChI is InChI=1S/C19H20ClNO5/c1-3-8-21(11-12-4-6-13(7-5-12)19(25)26-2)18(24)14-9-15(20)17(23)10-16(14)22/h4-7,9-10,22-23H,3,8,11H2,1-2H3. The Morgan fingerprint density at radius 3 is 2.35 bits per heavy atom. The van der Waals surface area contributed by atoms with Crippen molar-refractivity contribution in [1.82, 2.24) is 4.90 Å². The van der Waals surface area contributed by atoms with Crippen molar-refractivity contribution in [2.75, 3.05) is 13.7 Å². The zero-order valence-electron chi connectivity index (χ0n) is 14.5. The summed E-state index contributed by atoms with van der Waals surface area (Å²) in [5.74, 6) is -1.45. The molecule has 0 bridgehead atoms. The summed E-state index contributed by atoms with van der Waals surface area (Å²) in [6, 6.07) is 9.04. The molecule has 7 heteroatoms. The van der Waals surface area contributed by atoms with Crippen LogP contribution in [0.25, 0.3) is 0 Å². The van der Waals surface area contributed by atoms with Gasteiger partial charge in [0, 0.05) is 19.2 Å². The molecule has 1 amide bonds. The number of esters is 1. The second kappa shape index (κ2) is 8.58. The minimum atomic E-state index is -0.429. The minimum Gasteiger partial charge on any atom is -0.507 e. The van der Waals surface area contributed by atoms with Crippen LogP contribution in [0.3, 0.4) is 0 Å². The van der Waals surface area contributed by atoms with Gasteiger partial charge >= 0.3 is 5.97 Å². The van der Waals surface area contributed by atoms with Crippen molar-refractivity contribution < 1.29 is 24.5 Å². The summed E-state index contributed by atoms with van der Waals surface area (Å²) < 4.78 is 4.66. The molecular weight excluding hydrogens is 358 g/mol. The van der Waals surface area contributed by atoms with Crippen molar-refractivity contribution in [2.45, 2.75) is 19.9 Å². The molecule has 2 aromatic carbocycles. The number of phenols is 2. The van der Waals surface area contributed by atoms with Crippen molar-refractivity contribution in [3.05, 3.63) is 58.1 Å². The normalized spacial score (nSPS) is 10.4. The fourth-order valence-electron chi connectivity index (χ4n) is 2.50. The van der Waals surface area contributed by atoms with E-state index in [1.807, 2.05) is 6.92 Å². The van der Waals surface area contributed by atoms with E-state index in [1.165, 1.54) is 13.2 Å². The van der Waals surface area contributed by atoms with E-state index in [2.05, 4.69) is 4.74 Å². The van der Waals surface area contributed by atoms with Crippen LogP contribution in [-0.2, 0) is 11.3 Å². The van der Waals surface area contributed by atoms with Gasteiger partial charge in [0.2, 0.25) is 0 Å². The summed E-state index contributed by atoms with van der Waals surface area (Å²) in [5, 5.41) is 19.5. The van der Waals surface area contributed by atoms with Gasteiger partial charge in [0.1, 0.15) is 11.5 Å². The van der Waals surface area contributed by atoms with Crippen LogP contribution < -0.4 is 0 Å². The molecule has 0 aliphatic rings. The molecule has 26 heavy (non-hydrogen) atoms. The molecular formula is C19H20ClNO5. The molecule has 0 saturated heterocycles. The number of aromatic hydroxyl groups is 2. The number of halogens is 1. The first kappa shape index (κ1) is 19.6. The third kappa shape index (κ3) is 4.46. The highest BCUT2D eigenvalue weighted by Crippen LogP contribution is 2.32. The summed E-state index contributed by atoms with van der Waals surface area (Å²) in [6.45, 7) is 2.70. The second-order valence-electron chi connectivity index (χ2n) is 5.74. The number of nitrogens with zero attached hydrogens (tertiary/aromatic N) is 1. The zero-order chi connectivity index (χ0) is 19.3. The Kier molecular flexibility index (Phi) is 6.46. The summed E-state index contributed by atoms with van der Waals surface area (Å²) in [4.78, 5) is 25.9. The fraction of sp³-hybridized carbons (Fsp3) is 0.263. The maximum Gasteiger partial charge on any atom is 0.337 e. The van der Waals surface area contributed by atoms with E-state index in [1.54, 1.807) is 29.2 Å². The molecule has 0 saturated carbocycles. The van der Waals surface area contributed by atoms with Crippen molar-refractivity contribution in [1.29, 1.82) is 0 Å². The molecule has 0 aliphatic carbocycles. The average molecular weight is 378 g/mol. The summed E-state index contributed by atoms with van der Waals surface area (Å²) >= 11 is 5.86. The number of phenolic OH excluding ortho intramolecular Hbond substituents is 2.